The van der Waals surface area contributed by atoms with Gasteiger partial charge in [-0.15, -0.1) is 0 Å². The highest BCUT2D eigenvalue weighted by atomic mass is 31.2. The van der Waals surface area contributed by atoms with Gasteiger partial charge in [0.15, 0.2) is 0 Å². The lowest BCUT2D eigenvalue weighted by atomic mass is 9.91. The minimum Gasteiger partial charge on any atom is -0.391 e. The van der Waals surface area contributed by atoms with Gasteiger partial charge in [-0.05, 0) is 24.3 Å². The highest BCUT2D eigenvalue weighted by molar-refractivity contribution is 7.59. The summed E-state index contributed by atoms with van der Waals surface area (Å²) in [4.78, 5) is 0. The fourth-order valence-corrected chi connectivity index (χ4v) is 5.79. The number of rotatable bonds is 8. The van der Waals surface area contributed by atoms with Gasteiger partial charge in [0.2, 0.25) is 7.37 Å². The molecule has 3 N–H and O–H groups in total. The summed E-state index contributed by atoms with van der Waals surface area (Å²) in [7, 11) is -2.86. The number of nitrogens with two attached hydrogens (primary N) is 1. The minimum atomic E-state index is -2.86. The molecule has 1 aliphatic rings. The Morgan fingerprint density at radius 1 is 1.23 bits per heavy atom. The third kappa shape index (κ3) is 5.85. The van der Waals surface area contributed by atoms with Crippen LogP contribution >= 0.6 is 7.37 Å². The van der Waals surface area contributed by atoms with Gasteiger partial charge < -0.3 is 15.4 Å². The van der Waals surface area contributed by atoms with E-state index in [2.05, 4.69) is 0 Å². The molecule has 1 unspecified atom stereocenters. The van der Waals surface area contributed by atoms with Crippen molar-refractivity contribution in [2.24, 2.45) is 11.7 Å². The van der Waals surface area contributed by atoms with Gasteiger partial charge in [-0.3, -0.25) is 4.57 Å². The van der Waals surface area contributed by atoms with Crippen LogP contribution < -0.4 is 5.73 Å². The molecule has 5 heteroatoms. The van der Waals surface area contributed by atoms with Crippen molar-refractivity contribution in [1.82, 2.24) is 0 Å². The van der Waals surface area contributed by atoms with Gasteiger partial charge in [0.05, 0.1) is 18.9 Å². The molecule has 0 spiro atoms. The molecule has 1 aliphatic carbocycles. The van der Waals surface area contributed by atoms with Gasteiger partial charge in [-0.2, -0.15) is 0 Å². The highest BCUT2D eigenvalue weighted by Crippen LogP contribution is 2.51. The Morgan fingerprint density at radius 2 is 1.91 bits per heavy atom. The van der Waals surface area contributed by atoms with Crippen LogP contribution in [0.1, 0.15) is 37.7 Å². The molecule has 2 rings (SSSR count). The first-order valence-corrected chi connectivity index (χ1v) is 10.3. The SMILES string of the molecule is NC[C@H](O)CP(=O)(CC1CCCCC1)OCc1ccccc1. The lowest BCUT2D eigenvalue weighted by molar-refractivity contribution is 0.195. The average Bonchev–Trinajstić information content (AvgIpc) is 2.55. The Bertz CT molecular complexity index is 474. The van der Waals surface area contributed by atoms with Crippen molar-refractivity contribution in [2.45, 2.75) is 44.8 Å². The monoisotopic (exact) mass is 325 g/mol. The molecular weight excluding hydrogens is 297 g/mol. The lowest BCUT2D eigenvalue weighted by Gasteiger charge is -2.28. The molecule has 2 atom stereocenters. The van der Waals surface area contributed by atoms with Crippen molar-refractivity contribution in [1.29, 1.82) is 0 Å². The Kier molecular flexibility index (Phi) is 7.10. The van der Waals surface area contributed by atoms with Gasteiger partial charge in [0.1, 0.15) is 0 Å². The number of hydrogen-bond donors (Lipinski definition) is 2. The van der Waals surface area contributed by atoms with E-state index in [0.29, 0.717) is 18.7 Å². The van der Waals surface area contributed by atoms with Crippen LogP contribution in [0.2, 0.25) is 0 Å². The van der Waals surface area contributed by atoms with Gasteiger partial charge in [0, 0.05) is 12.7 Å². The average molecular weight is 325 g/mol. The topological polar surface area (TPSA) is 72.5 Å². The Morgan fingerprint density at radius 3 is 2.55 bits per heavy atom. The lowest BCUT2D eigenvalue weighted by Crippen LogP contribution is -2.26. The van der Waals surface area contributed by atoms with Crippen LogP contribution in [0.3, 0.4) is 0 Å². The number of aliphatic hydroxyl groups is 1. The smallest absolute Gasteiger partial charge is 0.206 e. The third-order valence-corrected chi connectivity index (χ3v) is 6.98. The minimum absolute atomic E-state index is 0.128. The van der Waals surface area contributed by atoms with Crippen molar-refractivity contribution >= 4 is 7.37 Å². The second-order valence-electron chi connectivity index (χ2n) is 6.33. The van der Waals surface area contributed by atoms with Gasteiger partial charge in [0.25, 0.3) is 0 Å². The predicted octanol–water partition coefficient (Wildman–Crippen LogP) is 3.38. The van der Waals surface area contributed by atoms with Gasteiger partial charge in [-0.25, -0.2) is 0 Å². The molecule has 1 fully saturated rings. The van der Waals surface area contributed by atoms with Crippen molar-refractivity contribution in [2.75, 3.05) is 18.9 Å². The maximum Gasteiger partial charge on any atom is 0.206 e. The summed E-state index contributed by atoms with van der Waals surface area (Å²) < 4.78 is 19.0. The summed E-state index contributed by atoms with van der Waals surface area (Å²) in [6.45, 7) is 0.464. The molecular formula is C17H28NO3P. The Balaban J connectivity index is 1.98. The second kappa shape index (κ2) is 8.83. The molecule has 0 amide bonds. The predicted molar refractivity (Wildman–Crippen MR) is 90.2 cm³/mol. The van der Waals surface area contributed by atoms with E-state index in [1.165, 1.54) is 19.3 Å². The zero-order chi connectivity index (χ0) is 15.8. The van der Waals surface area contributed by atoms with Crippen molar-refractivity contribution in [3.8, 4) is 0 Å². The van der Waals surface area contributed by atoms with Crippen molar-refractivity contribution in [3.63, 3.8) is 0 Å². The first-order chi connectivity index (χ1) is 10.6. The molecule has 1 aromatic carbocycles. The fourth-order valence-electron chi connectivity index (χ4n) is 3.11. The maximum absolute atomic E-state index is 13.2. The zero-order valence-electron chi connectivity index (χ0n) is 13.2. The summed E-state index contributed by atoms with van der Waals surface area (Å²) in [6.07, 6.45) is 5.95. The van der Waals surface area contributed by atoms with E-state index >= 15 is 0 Å². The summed E-state index contributed by atoms with van der Waals surface area (Å²) >= 11 is 0. The van der Waals surface area contributed by atoms with Gasteiger partial charge in [-0.1, -0.05) is 49.6 Å². The van der Waals surface area contributed by atoms with E-state index < -0.39 is 13.5 Å². The first kappa shape index (κ1) is 17.7. The molecule has 1 saturated carbocycles. The van der Waals surface area contributed by atoms with Crippen LogP contribution in [-0.2, 0) is 15.7 Å². The Labute approximate surface area is 133 Å². The molecule has 22 heavy (non-hydrogen) atoms. The standard InChI is InChI=1S/C17H28NO3P/c18-11-17(19)14-22(20,13-16-9-5-2-6-10-16)21-12-15-7-3-1-4-8-15/h1,3-4,7-8,16-17,19H,2,5-6,9-14,18H2/t17-,22?/m0/s1. The van der Waals surface area contributed by atoms with Crippen LogP contribution in [-0.4, -0.2) is 30.1 Å². The molecule has 1 aromatic rings. The van der Waals surface area contributed by atoms with Crippen LogP contribution in [0.4, 0.5) is 0 Å². The van der Waals surface area contributed by atoms with Gasteiger partial charge >= 0.3 is 0 Å². The Hall–Kier alpha value is -0.670. The van der Waals surface area contributed by atoms with E-state index in [4.69, 9.17) is 10.3 Å². The quantitative estimate of drug-likeness (QED) is 0.719. The van der Waals surface area contributed by atoms with E-state index in [0.717, 1.165) is 18.4 Å². The van der Waals surface area contributed by atoms with Crippen LogP contribution in [0.15, 0.2) is 30.3 Å². The molecule has 4 nitrogen and oxygen atoms in total. The van der Waals surface area contributed by atoms with E-state index in [-0.39, 0.29) is 12.7 Å². The molecule has 0 bridgehead atoms. The molecule has 0 radical (unpaired) electrons. The second-order valence-corrected chi connectivity index (χ2v) is 8.95. The highest BCUT2D eigenvalue weighted by Gasteiger charge is 2.31. The largest absolute Gasteiger partial charge is 0.391 e. The van der Waals surface area contributed by atoms with Crippen molar-refractivity contribution < 1.29 is 14.2 Å². The zero-order valence-corrected chi connectivity index (χ0v) is 14.1. The van der Waals surface area contributed by atoms with Crippen molar-refractivity contribution in [3.05, 3.63) is 35.9 Å². The molecule has 0 saturated heterocycles. The maximum atomic E-state index is 13.2. The molecule has 0 heterocycles. The number of benzene rings is 1. The molecule has 124 valence electrons. The first-order valence-electron chi connectivity index (χ1n) is 8.26. The summed E-state index contributed by atoms with van der Waals surface area (Å²) in [5.41, 5.74) is 6.50. The summed E-state index contributed by atoms with van der Waals surface area (Å²) in [6, 6.07) is 9.76. The summed E-state index contributed by atoms with van der Waals surface area (Å²) in [5, 5.41) is 9.84. The number of aliphatic hydroxyl groups excluding tert-OH is 1. The van der Waals surface area contributed by atoms with E-state index in [9.17, 15) is 9.67 Å². The third-order valence-electron chi connectivity index (χ3n) is 4.33. The van der Waals surface area contributed by atoms with Crippen LogP contribution in [0, 0.1) is 5.92 Å². The summed E-state index contributed by atoms with van der Waals surface area (Å²) in [5.74, 6) is 0.459. The van der Waals surface area contributed by atoms with Crippen LogP contribution in [0.25, 0.3) is 0 Å². The number of hydrogen-bond acceptors (Lipinski definition) is 4. The fraction of sp³-hybridized carbons (Fsp3) is 0.647. The van der Waals surface area contributed by atoms with Crippen LogP contribution in [0.5, 0.6) is 0 Å². The molecule has 0 aromatic heterocycles. The molecule has 0 aliphatic heterocycles. The van der Waals surface area contributed by atoms with E-state index in [1.54, 1.807) is 0 Å². The normalized spacial score (nSPS) is 20.5. The van der Waals surface area contributed by atoms with E-state index in [1.807, 2.05) is 30.3 Å².